The predicted octanol–water partition coefficient (Wildman–Crippen LogP) is 3.16. The number of anilines is 1. The molecule has 7 nitrogen and oxygen atoms in total. The summed E-state index contributed by atoms with van der Waals surface area (Å²) in [7, 11) is 1.79. The van der Waals surface area contributed by atoms with Crippen LogP contribution in [0.25, 0.3) is 0 Å². The zero-order valence-electron chi connectivity index (χ0n) is 14.7. The second-order valence-electron chi connectivity index (χ2n) is 5.86. The molecule has 0 atom stereocenters. The number of aromatic nitrogens is 3. The molecule has 0 radical (unpaired) electrons. The fraction of sp³-hybridized carbons (Fsp3) is 0.278. The monoisotopic (exact) mass is 340 g/mol. The van der Waals surface area contributed by atoms with Gasteiger partial charge in [-0.25, -0.2) is 0 Å². The minimum absolute atomic E-state index is 0.194. The summed E-state index contributed by atoms with van der Waals surface area (Å²) >= 11 is 0. The van der Waals surface area contributed by atoms with Crippen molar-refractivity contribution in [2.75, 3.05) is 5.32 Å². The second-order valence-corrected chi connectivity index (χ2v) is 5.86. The van der Waals surface area contributed by atoms with E-state index in [1.165, 1.54) is 0 Å². The molecule has 0 fully saturated rings. The highest BCUT2D eigenvalue weighted by Gasteiger charge is 2.11. The topological polar surface area (TPSA) is 82.2 Å². The molecule has 0 saturated carbocycles. The zero-order chi connectivity index (χ0) is 18.0. The van der Waals surface area contributed by atoms with Crippen molar-refractivity contribution in [2.45, 2.75) is 27.4 Å². The van der Waals surface area contributed by atoms with Gasteiger partial charge in [0.15, 0.2) is 0 Å². The molecule has 0 aliphatic heterocycles. The Morgan fingerprint density at radius 3 is 2.52 bits per heavy atom. The Hall–Kier alpha value is -3.09. The maximum absolute atomic E-state index is 12.3. The van der Waals surface area contributed by atoms with Crippen LogP contribution in [0.5, 0.6) is 5.75 Å². The lowest BCUT2D eigenvalue weighted by atomic mass is 10.2. The summed E-state index contributed by atoms with van der Waals surface area (Å²) in [6.07, 6.45) is 0. The minimum atomic E-state index is -0.194. The summed E-state index contributed by atoms with van der Waals surface area (Å²) in [5.74, 6) is 1.88. The Bertz CT molecular complexity index is 874. The molecule has 3 rings (SSSR count). The Kier molecular flexibility index (Phi) is 4.56. The third-order valence-corrected chi connectivity index (χ3v) is 3.92. The van der Waals surface area contributed by atoms with Gasteiger partial charge < -0.3 is 14.6 Å². The molecule has 0 aliphatic carbocycles. The summed E-state index contributed by atoms with van der Waals surface area (Å²) in [4.78, 5) is 12.3. The lowest BCUT2D eigenvalue weighted by Gasteiger charge is -2.08. The third-order valence-electron chi connectivity index (χ3n) is 3.92. The van der Waals surface area contributed by atoms with Crippen molar-refractivity contribution in [3.8, 4) is 5.75 Å². The second kappa shape index (κ2) is 6.80. The molecule has 1 aromatic carbocycles. The number of hydrogen-bond donors (Lipinski definition) is 1. The van der Waals surface area contributed by atoms with Crippen LogP contribution in [0.2, 0.25) is 0 Å². The van der Waals surface area contributed by atoms with Crippen molar-refractivity contribution in [1.29, 1.82) is 0 Å². The molecule has 2 heterocycles. The van der Waals surface area contributed by atoms with Crippen molar-refractivity contribution < 1.29 is 14.1 Å². The minimum Gasteiger partial charge on any atom is -0.489 e. The number of hydrogen-bond acceptors (Lipinski definition) is 5. The summed E-state index contributed by atoms with van der Waals surface area (Å²) < 4.78 is 12.5. The van der Waals surface area contributed by atoms with Gasteiger partial charge in [-0.05, 0) is 45.0 Å². The third kappa shape index (κ3) is 3.71. The highest BCUT2D eigenvalue weighted by atomic mass is 16.5. The number of ether oxygens (including phenoxy) is 1. The number of carbonyl (C=O) groups is 1. The number of aryl methyl sites for hydroxylation is 4. The standard InChI is InChI=1S/C18H20N4O3/c1-11-9-17(22(4)20-11)19-18(23)14-5-7-15(8-6-14)24-10-16-12(2)21-25-13(16)3/h5-9H,10H2,1-4H3,(H,19,23). The van der Waals surface area contributed by atoms with E-state index in [9.17, 15) is 4.79 Å². The number of benzene rings is 1. The van der Waals surface area contributed by atoms with Gasteiger partial charge in [0, 0.05) is 18.7 Å². The number of nitrogens with one attached hydrogen (secondary N) is 1. The fourth-order valence-electron chi connectivity index (χ4n) is 2.48. The molecule has 2 aromatic heterocycles. The van der Waals surface area contributed by atoms with Crippen LogP contribution in [0.1, 0.15) is 33.1 Å². The zero-order valence-corrected chi connectivity index (χ0v) is 14.7. The molecule has 0 bridgehead atoms. The molecule has 0 aliphatic rings. The van der Waals surface area contributed by atoms with Gasteiger partial charge in [-0.2, -0.15) is 5.10 Å². The van der Waals surface area contributed by atoms with E-state index in [0.29, 0.717) is 23.7 Å². The molecule has 7 heteroatoms. The van der Waals surface area contributed by atoms with Crippen LogP contribution in [-0.4, -0.2) is 20.8 Å². The molecular weight excluding hydrogens is 320 g/mol. The van der Waals surface area contributed by atoms with Gasteiger partial charge >= 0.3 is 0 Å². The van der Waals surface area contributed by atoms with E-state index >= 15 is 0 Å². The molecule has 1 amide bonds. The normalized spacial score (nSPS) is 10.7. The lowest BCUT2D eigenvalue weighted by molar-refractivity contribution is 0.102. The van der Waals surface area contributed by atoms with Gasteiger partial charge in [0.2, 0.25) is 0 Å². The van der Waals surface area contributed by atoms with Crippen molar-refractivity contribution in [1.82, 2.24) is 14.9 Å². The predicted molar refractivity (Wildman–Crippen MR) is 92.6 cm³/mol. The van der Waals surface area contributed by atoms with Crippen LogP contribution >= 0.6 is 0 Å². The van der Waals surface area contributed by atoms with Crippen molar-refractivity contribution >= 4 is 11.7 Å². The highest BCUT2D eigenvalue weighted by Crippen LogP contribution is 2.18. The largest absolute Gasteiger partial charge is 0.489 e. The van der Waals surface area contributed by atoms with Crippen molar-refractivity contribution in [3.63, 3.8) is 0 Å². The quantitative estimate of drug-likeness (QED) is 0.771. The van der Waals surface area contributed by atoms with E-state index in [2.05, 4.69) is 15.6 Å². The van der Waals surface area contributed by atoms with Crippen molar-refractivity contribution in [2.24, 2.45) is 7.05 Å². The van der Waals surface area contributed by atoms with Crippen LogP contribution < -0.4 is 10.1 Å². The molecule has 25 heavy (non-hydrogen) atoms. The van der Waals surface area contributed by atoms with E-state index in [1.54, 1.807) is 36.0 Å². The molecule has 0 saturated heterocycles. The maximum Gasteiger partial charge on any atom is 0.256 e. The van der Waals surface area contributed by atoms with E-state index in [4.69, 9.17) is 9.26 Å². The van der Waals surface area contributed by atoms with Gasteiger partial charge in [-0.3, -0.25) is 9.48 Å². The summed E-state index contributed by atoms with van der Waals surface area (Å²) in [5.41, 5.74) is 3.15. The number of nitrogens with zero attached hydrogens (tertiary/aromatic N) is 3. The van der Waals surface area contributed by atoms with Gasteiger partial charge in [-0.15, -0.1) is 0 Å². The molecule has 0 spiro atoms. The lowest BCUT2D eigenvalue weighted by Crippen LogP contribution is -2.14. The Morgan fingerprint density at radius 2 is 1.96 bits per heavy atom. The van der Waals surface area contributed by atoms with E-state index in [-0.39, 0.29) is 5.91 Å². The molecular formula is C18H20N4O3. The first-order chi connectivity index (χ1) is 11.9. The molecule has 3 aromatic rings. The van der Waals surface area contributed by atoms with Crippen LogP contribution in [0.3, 0.4) is 0 Å². The Balaban J connectivity index is 1.63. The van der Waals surface area contributed by atoms with Crippen LogP contribution in [0.4, 0.5) is 5.82 Å². The van der Waals surface area contributed by atoms with Crippen molar-refractivity contribution in [3.05, 3.63) is 58.6 Å². The maximum atomic E-state index is 12.3. The number of carbonyl (C=O) groups excluding carboxylic acids is 1. The molecule has 1 N–H and O–H groups in total. The Labute approximate surface area is 145 Å². The molecule has 0 unspecified atom stereocenters. The van der Waals surface area contributed by atoms with Crippen LogP contribution in [0.15, 0.2) is 34.9 Å². The summed E-state index contributed by atoms with van der Waals surface area (Å²) in [5, 5.41) is 10.9. The first-order valence-electron chi connectivity index (χ1n) is 7.90. The number of rotatable bonds is 5. The van der Waals surface area contributed by atoms with Gasteiger partial charge in [0.25, 0.3) is 5.91 Å². The SMILES string of the molecule is Cc1cc(NC(=O)c2ccc(OCc3c(C)noc3C)cc2)n(C)n1. The summed E-state index contributed by atoms with van der Waals surface area (Å²) in [6.45, 7) is 5.98. The Morgan fingerprint density at radius 1 is 1.24 bits per heavy atom. The molecule has 130 valence electrons. The average molecular weight is 340 g/mol. The smallest absolute Gasteiger partial charge is 0.256 e. The fourth-order valence-corrected chi connectivity index (χ4v) is 2.48. The van der Waals surface area contributed by atoms with E-state index < -0.39 is 0 Å². The first-order valence-corrected chi connectivity index (χ1v) is 7.90. The van der Waals surface area contributed by atoms with E-state index in [0.717, 1.165) is 22.7 Å². The van der Waals surface area contributed by atoms with Crippen LogP contribution in [-0.2, 0) is 13.7 Å². The number of amides is 1. The van der Waals surface area contributed by atoms with Gasteiger partial charge in [0.1, 0.15) is 23.9 Å². The van der Waals surface area contributed by atoms with Gasteiger partial charge in [-0.1, -0.05) is 5.16 Å². The average Bonchev–Trinajstić information content (AvgIpc) is 3.07. The van der Waals surface area contributed by atoms with E-state index in [1.807, 2.05) is 26.8 Å². The van der Waals surface area contributed by atoms with Gasteiger partial charge in [0.05, 0.1) is 17.0 Å². The summed E-state index contributed by atoms with van der Waals surface area (Å²) in [6, 6.07) is 8.80. The first kappa shape index (κ1) is 16.8. The highest BCUT2D eigenvalue weighted by molar-refractivity contribution is 6.03. The van der Waals surface area contributed by atoms with Crippen LogP contribution in [0, 0.1) is 20.8 Å².